The average Bonchev–Trinajstić information content (AvgIpc) is 2.26. The van der Waals surface area contributed by atoms with Crippen LogP contribution in [0.2, 0.25) is 0 Å². The molecule has 1 aliphatic carbocycles. The topological polar surface area (TPSA) is 0 Å². The van der Waals surface area contributed by atoms with Gasteiger partial charge in [0, 0.05) is 0 Å². The van der Waals surface area contributed by atoms with Crippen molar-refractivity contribution in [3.8, 4) is 0 Å². The first kappa shape index (κ1) is 12.1. The summed E-state index contributed by atoms with van der Waals surface area (Å²) in [6, 6.07) is 0. The van der Waals surface area contributed by atoms with E-state index in [1.54, 1.807) is 0 Å². The Morgan fingerprint density at radius 2 is 2.13 bits per heavy atom. The van der Waals surface area contributed by atoms with Crippen molar-refractivity contribution in [2.24, 2.45) is 0 Å². The molecule has 1 aliphatic rings. The molecule has 15 heavy (non-hydrogen) atoms. The summed E-state index contributed by atoms with van der Waals surface area (Å²) in [6.07, 6.45) is 15.9. The van der Waals surface area contributed by atoms with Crippen molar-refractivity contribution in [1.82, 2.24) is 0 Å². The molecular formula is C14H21B. The molecule has 1 heteroatoms. The molecule has 0 aliphatic heterocycles. The van der Waals surface area contributed by atoms with Crippen LogP contribution in [0.15, 0.2) is 47.0 Å². The summed E-state index contributed by atoms with van der Waals surface area (Å²) in [5, 5.41) is 0. The Morgan fingerprint density at radius 1 is 1.33 bits per heavy atom. The van der Waals surface area contributed by atoms with E-state index < -0.39 is 0 Å². The van der Waals surface area contributed by atoms with E-state index in [-0.39, 0.29) is 0 Å². The van der Waals surface area contributed by atoms with E-state index in [9.17, 15) is 0 Å². The van der Waals surface area contributed by atoms with Crippen molar-refractivity contribution in [3.63, 3.8) is 0 Å². The lowest BCUT2D eigenvalue weighted by molar-refractivity contribution is 0.927. The standard InChI is InChI=1S/C14H21B/c1-3-5-6-7-12(4-2)13-8-10-14(15)11-9-13/h5-8,10H,3-4,9,11,15H2,1-2H3/b6-5-,12-7+. The number of hydrogen-bond donors (Lipinski definition) is 0. The molecule has 0 nitrogen and oxygen atoms in total. The zero-order chi connectivity index (χ0) is 11.1. The maximum atomic E-state index is 2.29. The Kier molecular flexibility index (Phi) is 5.24. The van der Waals surface area contributed by atoms with Crippen LogP contribution in [0.25, 0.3) is 0 Å². The van der Waals surface area contributed by atoms with Crippen LogP contribution in [-0.2, 0) is 0 Å². The Hall–Kier alpha value is -0.975. The van der Waals surface area contributed by atoms with E-state index in [2.05, 4.69) is 52.1 Å². The summed E-state index contributed by atoms with van der Waals surface area (Å²) in [5.74, 6) is 0. The highest BCUT2D eigenvalue weighted by molar-refractivity contribution is 6.21. The largest absolute Gasteiger partial charge is 0.133 e. The van der Waals surface area contributed by atoms with Crippen molar-refractivity contribution < 1.29 is 0 Å². The molecule has 0 atom stereocenters. The van der Waals surface area contributed by atoms with Gasteiger partial charge in [0.05, 0.1) is 0 Å². The van der Waals surface area contributed by atoms with Gasteiger partial charge in [0.25, 0.3) is 0 Å². The molecule has 0 N–H and O–H groups in total. The predicted molar refractivity (Wildman–Crippen MR) is 71.7 cm³/mol. The highest BCUT2D eigenvalue weighted by Crippen LogP contribution is 2.24. The van der Waals surface area contributed by atoms with Crippen LogP contribution in [0.5, 0.6) is 0 Å². The maximum Gasteiger partial charge on any atom is 0.133 e. The van der Waals surface area contributed by atoms with E-state index in [4.69, 9.17) is 0 Å². The molecule has 0 radical (unpaired) electrons. The average molecular weight is 200 g/mol. The van der Waals surface area contributed by atoms with Gasteiger partial charge < -0.3 is 0 Å². The normalized spacial score (nSPS) is 17.9. The van der Waals surface area contributed by atoms with Gasteiger partial charge in [-0.1, -0.05) is 44.2 Å². The monoisotopic (exact) mass is 200 g/mol. The van der Waals surface area contributed by atoms with Crippen molar-refractivity contribution >= 4 is 7.85 Å². The molecule has 80 valence electrons. The highest BCUT2D eigenvalue weighted by Gasteiger charge is 2.05. The minimum absolute atomic E-state index is 1.12. The van der Waals surface area contributed by atoms with E-state index in [0.717, 1.165) is 12.8 Å². The minimum atomic E-state index is 1.12. The van der Waals surface area contributed by atoms with Gasteiger partial charge in [-0.3, -0.25) is 0 Å². The smallest absolute Gasteiger partial charge is 0.110 e. The first-order chi connectivity index (χ1) is 7.27. The van der Waals surface area contributed by atoms with Gasteiger partial charge in [-0.05, 0) is 36.8 Å². The Balaban J connectivity index is 2.75. The summed E-state index contributed by atoms with van der Waals surface area (Å²) in [5.41, 5.74) is 4.51. The van der Waals surface area contributed by atoms with Crippen LogP contribution < -0.4 is 0 Å². The molecule has 0 fully saturated rings. The quantitative estimate of drug-likeness (QED) is 0.481. The Morgan fingerprint density at radius 3 is 2.67 bits per heavy atom. The highest BCUT2D eigenvalue weighted by atomic mass is 14.1. The molecule has 0 aromatic carbocycles. The maximum absolute atomic E-state index is 2.29. The molecule has 0 aromatic rings. The number of rotatable bonds is 4. The van der Waals surface area contributed by atoms with Crippen molar-refractivity contribution in [2.75, 3.05) is 0 Å². The van der Waals surface area contributed by atoms with Gasteiger partial charge in [0.1, 0.15) is 7.85 Å². The number of allylic oxidation sites excluding steroid dienone is 8. The second-order valence-electron chi connectivity index (χ2n) is 4.09. The zero-order valence-electron chi connectivity index (χ0n) is 10.2. The van der Waals surface area contributed by atoms with Crippen LogP contribution in [0.3, 0.4) is 0 Å². The molecule has 1 rings (SSSR count). The third kappa shape index (κ3) is 3.95. The fourth-order valence-electron chi connectivity index (χ4n) is 1.78. The summed E-state index contributed by atoms with van der Waals surface area (Å²) in [7, 11) is 2.21. The zero-order valence-corrected chi connectivity index (χ0v) is 10.2. The van der Waals surface area contributed by atoms with Gasteiger partial charge in [-0.25, -0.2) is 0 Å². The molecular weight excluding hydrogens is 179 g/mol. The SMILES string of the molecule is BC1=CC=C(/C(=C/C=C\CC)CC)CC1. The molecule has 0 amide bonds. The second-order valence-corrected chi connectivity index (χ2v) is 4.09. The van der Waals surface area contributed by atoms with Crippen LogP contribution in [0.1, 0.15) is 39.5 Å². The van der Waals surface area contributed by atoms with Gasteiger partial charge >= 0.3 is 0 Å². The fourth-order valence-corrected chi connectivity index (χ4v) is 1.78. The van der Waals surface area contributed by atoms with Gasteiger partial charge in [0.2, 0.25) is 0 Å². The van der Waals surface area contributed by atoms with Gasteiger partial charge in [-0.15, -0.1) is 5.47 Å². The lowest BCUT2D eigenvalue weighted by Crippen LogP contribution is -1.96. The third-order valence-corrected chi connectivity index (χ3v) is 2.82. The lowest BCUT2D eigenvalue weighted by Gasteiger charge is -2.14. The molecule has 0 saturated heterocycles. The molecule has 0 heterocycles. The van der Waals surface area contributed by atoms with E-state index in [1.807, 2.05) is 0 Å². The van der Waals surface area contributed by atoms with Crippen LogP contribution in [-0.4, -0.2) is 7.85 Å². The molecule has 0 saturated carbocycles. The van der Waals surface area contributed by atoms with Crippen LogP contribution in [0.4, 0.5) is 0 Å². The molecule has 0 spiro atoms. The van der Waals surface area contributed by atoms with Crippen molar-refractivity contribution in [3.05, 3.63) is 47.0 Å². The summed E-state index contributed by atoms with van der Waals surface area (Å²) in [4.78, 5) is 0. The van der Waals surface area contributed by atoms with Crippen LogP contribution >= 0.6 is 0 Å². The van der Waals surface area contributed by atoms with E-state index >= 15 is 0 Å². The fraction of sp³-hybridized carbons (Fsp3) is 0.429. The summed E-state index contributed by atoms with van der Waals surface area (Å²) in [6.45, 7) is 4.40. The van der Waals surface area contributed by atoms with E-state index in [1.165, 1.54) is 29.5 Å². The third-order valence-electron chi connectivity index (χ3n) is 2.82. The van der Waals surface area contributed by atoms with Crippen molar-refractivity contribution in [1.29, 1.82) is 0 Å². The summed E-state index contributed by atoms with van der Waals surface area (Å²) >= 11 is 0. The first-order valence-corrected chi connectivity index (χ1v) is 6.00. The first-order valence-electron chi connectivity index (χ1n) is 6.00. The second kappa shape index (κ2) is 6.50. The van der Waals surface area contributed by atoms with E-state index in [0.29, 0.717) is 0 Å². The molecule has 0 bridgehead atoms. The minimum Gasteiger partial charge on any atom is -0.110 e. The van der Waals surface area contributed by atoms with Crippen molar-refractivity contribution in [2.45, 2.75) is 39.5 Å². The van der Waals surface area contributed by atoms with Gasteiger partial charge in [-0.2, -0.15) is 0 Å². The Bertz CT molecular complexity index is 316. The predicted octanol–water partition coefficient (Wildman–Crippen LogP) is 3.53. The molecule has 0 aromatic heterocycles. The van der Waals surface area contributed by atoms with Gasteiger partial charge in [0.15, 0.2) is 0 Å². The lowest BCUT2D eigenvalue weighted by atomic mass is 9.83. The number of hydrogen-bond acceptors (Lipinski definition) is 0. The summed E-state index contributed by atoms with van der Waals surface area (Å²) < 4.78 is 0. The van der Waals surface area contributed by atoms with Crippen LogP contribution in [0, 0.1) is 0 Å². The Labute approximate surface area is 94.9 Å². The molecule has 0 unspecified atom stereocenters.